The standard InChI is InChI=1S/C35H48ClN3O10S/c1-19-10-9-11-26(46-8)35(44)18-25(47-33(43)37-35)20(2)31-34(4,49-31)27(48-32(42)21(3)38(5)28(40)12-13-50)17-29(41)39(6)23-15-22(14-19)16-24(45-7)30(23)36/h9-11,15-16,20-21,25-27,31,44,50H,12-14,17-18H2,1-8H3,(H,37,43)/b11-9+,19-10+/t20-,21+,25+,26-,27?,31+,34+,35+/m1/s1. The first-order chi connectivity index (χ1) is 23.5. The fraction of sp³-hybridized carbons (Fsp3) is 0.600. The number of carbonyl (C=O) groups is 4. The van der Waals surface area contributed by atoms with Crippen molar-refractivity contribution in [2.45, 2.75) is 95.2 Å². The van der Waals surface area contributed by atoms with E-state index in [4.69, 9.17) is 35.3 Å². The number of aliphatic hydroxyl groups is 1. The van der Waals surface area contributed by atoms with Crippen molar-refractivity contribution in [1.29, 1.82) is 0 Å². The third kappa shape index (κ3) is 8.42. The Morgan fingerprint density at radius 1 is 1.28 bits per heavy atom. The summed E-state index contributed by atoms with van der Waals surface area (Å²) in [6.45, 7) is 6.96. The number of esters is 1. The van der Waals surface area contributed by atoms with Crippen molar-refractivity contribution in [2.24, 2.45) is 5.92 Å². The Morgan fingerprint density at radius 3 is 2.62 bits per heavy atom. The lowest BCUT2D eigenvalue weighted by Crippen LogP contribution is -2.63. The maximum Gasteiger partial charge on any atom is 0.409 e. The topological polar surface area (TPSA) is 156 Å². The molecule has 1 unspecified atom stereocenters. The summed E-state index contributed by atoms with van der Waals surface area (Å²) in [5.74, 6) is -1.30. The Labute approximate surface area is 303 Å². The monoisotopic (exact) mass is 737 g/mol. The number of fused-ring (bicyclic) bond motifs is 5. The maximum absolute atomic E-state index is 14.0. The second-order valence-corrected chi connectivity index (χ2v) is 14.2. The number of carbonyl (C=O) groups excluding carboxylic acids is 4. The number of thiol groups is 1. The van der Waals surface area contributed by atoms with Gasteiger partial charge in [-0.05, 0) is 50.6 Å². The number of halogens is 1. The van der Waals surface area contributed by atoms with Crippen LogP contribution in [0.2, 0.25) is 5.02 Å². The summed E-state index contributed by atoms with van der Waals surface area (Å²) in [6, 6.07) is 2.60. The SMILES string of the molecule is COc1cc2cc(c1Cl)N(C)C(=O)CC(OC(=O)[C@H](C)N(C)C(=O)CCS)[C@]1(C)O[C@H]1[C@H](C)[C@@H]1C[C@@](O)(NC(=O)O1)[C@H](OC)/C=C/C=C(\C)C2. The second kappa shape index (κ2) is 15.9. The number of epoxide rings is 1. The normalized spacial score (nSPS) is 32.3. The van der Waals surface area contributed by atoms with Crippen LogP contribution in [0.3, 0.4) is 0 Å². The first kappa shape index (κ1) is 39.5. The van der Waals surface area contributed by atoms with Crippen molar-refractivity contribution < 1.29 is 48.0 Å². The molecule has 4 rings (SSSR count). The Bertz CT molecular complexity index is 1540. The molecule has 1 aromatic carbocycles. The van der Waals surface area contributed by atoms with Crippen LogP contribution in [0, 0.1) is 5.92 Å². The molecule has 0 aromatic heterocycles. The summed E-state index contributed by atoms with van der Waals surface area (Å²) in [6.07, 6.45) is 1.08. The van der Waals surface area contributed by atoms with Gasteiger partial charge in [0, 0.05) is 40.0 Å². The Hall–Kier alpha value is -3.30. The Kier molecular flexibility index (Phi) is 12.6. The van der Waals surface area contributed by atoms with E-state index in [1.807, 2.05) is 13.0 Å². The van der Waals surface area contributed by atoms with E-state index >= 15 is 0 Å². The third-order valence-corrected chi connectivity index (χ3v) is 10.5. The van der Waals surface area contributed by atoms with Crippen molar-refractivity contribution in [2.75, 3.05) is 39.0 Å². The summed E-state index contributed by atoms with van der Waals surface area (Å²) in [5.41, 5.74) is -0.903. The third-order valence-electron chi connectivity index (χ3n) is 9.85. The molecule has 3 heterocycles. The molecule has 50 heavy (non-hydrogen) atoms. The quantitative estimate of drug-likeness (QED) is 0.214. The van der Waals surface area contributed by atoms with Crippen molar-refractivity contribution in [3.8, 4) is 5.75 Å². The second-order valence-electron chi connectivity index (χ2n) is 13.4. The minimum absolute atomic E-state index is 0.0489. The van der Waals surface area contributed by atoms with E-state index in [1.165, 1.54) is 38.0 Å². The number of amides is 3. The van der Waals surface area contributed by atoms with Gasteiger partial charge in [0.1, 0.15) is 40.7 Å². The molecule has 3 aliphatic rings. The van der Waals surface area contributed by atoms with E-state index < -0.39 is 65.7 Å². The van der Waals surface area contributed by atoms with Gasteiger partial charge in [0.15, 0.2) is 5.72 Å². The van der Waals surface area contributed by atoms with Crippen LogP contribution in [0.5, 0.6) is 5.75 Å². The molecule has 3 aliphatic heterocycles. The maximum atomic E-state index is 14.0. The number of hydrogen-bond donors (Lipinski definition) is 3. The molecule has 0 radical (unpaired) electrons. The Balaban J connectivity index is 1.78. The molecule has 2 fully saturated rings. The average molecular weight is 738 g/mol. The van der Waals surface area contributed by atoms with Crippen molar-refractivity contribution in [3.05, 3.63) is 46.5 Å². The average Bonchev–Trinajstić information content (AvgIpc) is 3.76. The summed E-state index contributed by atoms with van der Waals surface area (Å²) in [4.78, 5) is 55.6. The lowest BCUT2D eigenvalue weighted by molar-refractivity contribution is -0.161. The van der Waals surface area contributed by atoms with Gasteiger partial charge in [-0.3, -0.25) is 14.9 Å². The fourth-order valence-corrected chi connectivity index (χ4v) is 6.99. The van der Waals surface area contributed by atoms with Gasteiger partial charge in [-0.2, -0.15) is 12.6 Å². The van der Waals surface area contributed by atoms with Gasteiger partial charge < -0.3 is 38.6 Å². The fourth-order valence-electron chi connectivity index (χ4n) is 6.49. The number of benzene rings is 1. The highest BCUT2D eigenvalue weighted by atomic mass is 35.5. The molecule has 15 heteroatoms. The predicted molar refractivity (Wildman–Crippen MR) is 189 cm³/mol. The highest BCUT2D eigenvalue weighted by molar-refractivity contribution is 7.80. The van der Waals surface area contributed by atoms with Gasteiger partial charge in [-0.15, -0.1) is 0 Å². The summed E-state index contributed by atoms with van der Waals surface area (Å²) < 4.78 is 29.0. The number of methoxy groups -OCH3 is 2. The van der Waals surface area contributed by atoms with Gasteiger partial charge in [0.25, 0.3) is 0 Å². The zero-order valence-electron chi connectivity index (χ0n) is 29.7. The lowest BCUT2D eigenvalue weighted by Gasteiger charge is -2.42. The number of rotatable bonds is 7. The molecule has 8 atom stereocenters. The van der Waals surface area contributed by atoms with E-state index in [1.54, 1.807) is 45.2 Å². The molecule has 2 N–H and O–H groups in total. The van der Waals surface area contributed by atoms with Crippen LogP contribution in [-0.2, 0) is 39.8 Å². The number of anilines is 1. The van der Waals surface area contributed by atoms with E-state index in [9.17, 15) is 24.3 Å². The van der Waals surface area contributed by atoms with Gasteiger partial charge >= 0.3 is 12.1 Å². The summed E-state index contributed by atoms with van der Waals surface area (Å²) in [5, 5.41) is 14.4. The molecule has 4 bridgehead atoms. The highest BCUT2D eigenvalue weighted by Crippen LogP contribution is 2.49. The number of ether oxygens (including phenoxy) is 5. The molecule has 13 nitrogen and oxygen atoms in total. The minimum atomic E-state index is -1.82. The van der Waals surface area contributed by atoms with Crippen LogP contribution in [0.15, 0.2) is 35.9 Å². The van der Waals surface area contributed by atoms with Gasteiger partial charge in [0.05, 0.1) is 25.3 Å². The number of alkyl carbamates (subject to hydrolysis) is 1. The first-order valence-electron chi connectivity index (χ1n) is 16.4. The number of likely N-dealkylation sites (N-methyl/N-ethyl adjacent to an activating group) is 1. The number of hydrogen-bond acceptors (Lipinski definition) is 11. The zero-order valence-corrected chi connectivity index (χ0v) is 31.4. The lowest BCUT2D eigenvalue weighted by atomic mass is 9.83. The van der Waals surface area contributed by atoms with Crippen LogP contribution in [0.25, 0.3) is 0 Å². The molecule has 1 aromatic rings. The van der Waals surface area contributed by atoms with Crippen LogP contribution < -0.4 is 15.0 Å². The zero-order chi connectivity index (χ0) is 37.1. The van der Waals surface area contributed by atoms with E-state index in [2.05, 4.69) is 17.9 Å². The molecule has 0 saturated carbocycles. The van der Waals surface area contributed by atoms with E-state index in [0.717, 1.165) is 11.1 Å². The molecule has 0 aliphatic carbocycles. The first-order valence-corrected chi connectivity index (χ1v) is 17.5. The van der Waals surface area contributed by atoms with Crippen LogP contribution in [-0.4, -0.2) is 110 Å². The number of nitrogens with one attached hydrogen (secondary N) is 1. The van der Waals surface area contributed by atoms with Gasteiger partial charge in [0.2, 0.25) is 11.8 Å². The molecule has 0 spiro atoms. The smallest absolute Gasteiger partial charge is 0.409 e. The summed E-state index contributed by atoms with van der Waals surface area (Å²) >= 11 is 10.8. The van der Waals surface area contributed by atoms with Crippen molar-refractivity contribution in [1.82, 2.24) is 10.2 Å². The molecule has 2 saturated heterocycles. The highest BCUT2D eigenvalue weighted by Gasteiger charge is 2.64. The molecular weight excluding hydrogens is 690 g/mol. The molecule has 3 amide bonds. The largest absolute Gasteiger partial charge is 0.495 e. The Morgan fingerprint density at radius 2 is 1.98 bits per heavy atom. The van der Waals surface area contributed by atoms with Crippen molar-refractivity contribution in [3.63, 3.8) is 0 Å². The predicted octanol–water partition coefficient (Wildman–Crippen LogP) is 3.83. The number of nitrogens with zero attached hydrogens (tertiary/aromatic N) is 2. The van der Waals surface area contributed by atoms with Crippen molar-refractivity contribution >= 4 is 53.8 Å². The van der Waals surface area contributed by atoms with Gasteiger partial charge in [-0.25, -0.2) is 9.59 Å². The van der Waals surface area contributed by atoms with E-state index in [-0.39, 0.29) is 30.2 Å². The summed E-state index contributed by atoms with van der Waals surface area (Å²) in [7, 11) is 5.98. The molecule has 276 valence electrons. The van der Waals surface area contributed by atoms with Crippen LogP contribution in [0.4, 0.5) is 10.5 Å². The minimum Gasteiger partial charge on any atom is -0.495 e. The van der Waals surface area contributed by atoms with E-state index in [0.29, 0.717) is 23.6 Å². The molecular formula is C35H48ClN3O10S. The van der Waals surface area contributed by atoms with Crippen LogP contribution in [0.1, 0.15) is 52.5 Å². The number of allylic oxidation sites excluding steroid dienone is 3. The van der Waals surface area contributed by atoms with Crippen LogP contribution >= 0.6 is 24.2 Å². The van der Waals surface area contributed by atoms with Gasteiger partial charge in [-0.1, -0.05) is 42.3 Å².